The number of hydrogen-bond donors (Lipinski definition) is 1. The minimum absolute atomic E-state index is 0.0133. The number of anilines is 1. The maximum atomic E-state index is 12.5. The van der Waals surface area contributed by atoms with Gasteiger partial charge in [0.2, 0.25) is 5.91 Å². The third-order valence-corrected chi connectivity index (χ3v) is 6.47. The molecular weight excluding hydrogens is 408 g/mol. The molecule has 4 nitrogen and oxygen atoms in total. The van der Waals surface area contributed by atoms with Crippen LogP contribution in [0.1, 0.15) is 36.1 Å². The summed E-state index contributed by atoms with van der Waals surface area (Å²) in [5, 5.41) is 4.91. The van der Waals surface area contributed by atoms with Crippen LogP contribution in [0.4, 0.5) is 5.69 Å². The molecular formula is C21H22N2O2S3. The van der Waals surface area contributed by atoms with Crippen molar-refractivity contribution in [2.75, 3.05) is 11.9 Å². The molecule has 0 radical (unpaired) electrons. The van der Waals surface area contributed by atoms with E-state index in [1.165, 1.54) is 11.8 Å². The molecule has 1 N–H and O–H groups in total. The minimum Gasteiger partial charge on any atom is -0.326 e. The summed E-state index contributed by atoms with van der Waals surface area (Å²) in [5.41, 5.74) is 1.95. The second kappa shape index (κ2) is 10.0. The lowest BCUT2D eigenvalue weighted by atomic mass is 10.1. The van der Waals surface area contributed by atoms with Crippen molar-refractivity contribution in [3.8, 4) is 0 Å². The number of hydrogen-bond acceptors (Lipinski definition) is 5. The molecule has 1 fully saturated rings. The van der Waals surface area contributed by atoms with Gasteiger partial charge in [0.15, 0.2) is 0 Å². The van der Waals surface area contributed by atoms with Crippen LogP contribution in [0.5, 0.6) is 0 Å². The maximum Gasteiger partial charge on any atom is 0.266 e. The molecule has 0 spiro atoms. The summed E-state index contributed by atoms with van der Waals surface area (Å²) < 4.78 is 0.616. The van der Waals surface area contributed by atoms with Gasteiger partial charge < -0.3 is 5.32 Å². The number of thiocarbonyl (C=S) groups is 1. The van der Waals surface area contributed by atoms with Gasteiger partial charge >= 0.3 is 0 Å². The average Bonchev–Trinajstić information content (AvgIpc) is 3.25. The fraction of sp³-hybridized carbons (Fsp3) is 0.286. The number of nitrogens with one attached hydrogen (secondary N) is 1. The number of nitrogens with zero attached hydrogens (tertiary/aromatic N) is 1. The summed E-state index contributed by atoms with van der Waals surface area (Å²) in [6, 6.07) is 11.7. The van der Waals surface area contributed by atoms with Crippen LogP contribution < -0.4 is 5.32 Å². The quantitative estimate of drug-likeness (QED) is 0.343. The van der Waals surface area contributed by atoms with E-state index in [1.54, 1.807) is 16.2 Å². The number of benzene rings is 1. The van der Waals surface area contributed by atoms with E-state index in [1.807, 2.05) is 54.8 Å². The molecule has 0 atom stereocenters. The summed E-state index contributed by atoms with van der Waals surface area (Å²) in [4.78, 5) is 28.0. The lowest BCUT2D eigenvalue weighted by Crippen LogP contribution is -2.29. The molecule has 1 saturated heterocycles. The van der Waals surface area contributed by atoms with Crippen LogP contribution in [0.25, 0.3) is 6.08 Å². The zero-order chi connectivity index (χ0) is 19.9. The van der Waals surface area contributed by atoms with Gasteiger partial charge in [-0.05, 0) is 55.0 Å². The van der Waals surface area contributed by atoms with Crippen molar-refractivity contribution >= 4 is 63.2 Å². The number of rotatable bonds is 8. The molecule has 2 aromatic rings. The summed E-state index contributed by atoms with van der Waals surface area (Å²) >= 11 is 8.32. The van der Waals surface area contributed by atoms with Crippen molar-refractivity contribution in [1.82, 2.24) is 4.90 Å². The topological polar surface area (TPSA) is 49.4 Å². The summed E-state index contributed by atoms with van der Waals surface area (Å²) in [5.74, 6) is 0.00989. The largest absolute Gasteiger partial charge is 0.326 e. The van der Waals surface area contributed by atoms with Gasteiger partial charge in [-0.3, -0.25) is 14.5 Å². The predicted molar refractivity (Wildman–Crippen MR) is 122 cm³/mol. The molecule has 2 amide bonds. The Morgan fingerprint density at radius 2 is 2.07 bits per heavy atom. The Labute approximate surface area is 179 Å². The highest BCUT2D eigenvalue weighted by Crippen LogP contribution is 2.33. The van der Waals surface area contributed by atoms with Crippen molar-refractivity contribution < 1.29 is 9.59 Å². The Kier molecular flexibility index (Phi) is 7.42. The first-order valence-electron chi connectivity index (χ1n) is 9.18. The zero-order valence-electron chi connectivity index (χ0n) is 15.6. The molecule has 3 rings (SSSR count). The van der Waals surface area contributed by atoms with Crippen LogP contribution in [0.3, 0.4) is 0 Å². The molecule has 0 saturated carbocycles. The van der Waals surface area contributed by atoms with Crippen molar-refractivity contribution in [3.05, 3.63) is 57.1 Å². The number of aryl methyl sites for hydroxylation is 1. The Hall–Kier alpha value is -1.96. The first-order valence-corrected chi connectivity index (χ1v) is 11.3. The van der Waals surface area contributed by atoms with Crippen LogP contribution in [0.15, 0.2) is 46.7 Å². The Morgan fingerprint density at radius 3 is 2.82 bits per heavy atom. The first-order chi connectivity index (χ1) is 13.5. The SMILES string of the molecule is Cc1cccc(NC(=O)CCCCCN2C(=O)/C(=C/c3cccs3)SC2=S)c1. The molecule has 1 aromatic carbocycles. The molecule has 146 valence electrons. The fourth-order valence-electron chi connectivity index (χ4n) is 2.87. The van der Waals surface area contributed by atoms with Crippen LogP contribution in [-0.2, 0) is 9.59 Å². The van der Waals surface area contributed by atoms with Crippen LogP contribution in [0.2, 0.25) is 0 Å². The summed E-state index contributed by atoms with van der Waals surface area (Å²) in [6.07, 6.45) is 4.88. The smallest absolute Gasteiger partial charge is 0.266 e. The number of amides is 2. The molecule has 1 aromatic heterocycles. The Morgan fingerprint density at radius 1 is 1.21 bits per heavy atom. The molecule has 2 heterocycles. The van der Waals surface area contributed by atoms with Crippen molar-refractivity contribution in [2.45, 2.75) is 32.6 Å². The fourth-order valence-corrected chi connectivity index (χ4v) is 4.91. The van der Waals surface area contributed by atoms with Gasteiger partial charge in [0.1, 0.15) is 4.32 Å². The van der Waals surface area contributed by atoms with Gasteiger partial charge in [-0.15, -0.1) is 11.3 Å². The van der Waals surface area contributed by atoms with Crippen LogP contribution in [0, 0.1) is 6.92 Å². The van der Waals surface area contributed by atoms with E-state index in [0.717, 1.165) is 35.4 Å². The number of carbonyl (C=O) groups excluding carboxylic acids is 2. The number of unbranched alkanes of at least 4 members (excludes halogenated alkanes) is 2. The molecule has 0 unspecified atom stereocenters. The zero-order valence-corrected chi connectivity index (χ0v) is 18.1. The van der Waals surface area contributed by atoms with E-state index in [2.05, 4.69) is 5.32 Å². The van der Waals surface area contributed by atoms with E-state index < -0.39 is 0 Å². The molecule has 28 heavy (non-hydrogen) atoms. The molecule has 1 aliphatic heterocycles. The highest BCUT2D eigenvalue weighted by molar-refractivity contribution is 8.26. The second-order valence-corrected chi connectivity index (χ2v) is 9.23. The molecule has 1 aliphatic rings. The average molecular weight is 431 g/mol. The molecule has 7 heteroatoms. The van der Waals surface area contributed by atoms with E-state index in [4.69, 9.17) is 12.2 Å². The van der Waals surface area contributed by atoms with Gasteiger partial charge in [0.25, 0.3) is 5.91 Å². The van der Waals surface area contributed by atoms with Gasteiger partial charge in [-0.1, -0.05) is 48.6 Å². The highest BCUT2D eigenvalue weighted by atomic mass is 32.2. The number of carbonyl (C=O) groups is 2. The van der Waals surface area contributed by atoms with Gasteiger partial charge in [-0.25, -0.2) is 0 Å². The summed E-state index contributed by atoms with van der Waals surface area (Å²) in [6.45, 7) is 2.60. The monoisotopic (exact) mass is 430 g/mol. The van der Waals surface area contributed by atoms with Crippen molar-refractivity contribution in [2.24, 2.45) is 0 Å². The molecule has 0 bridgehead atoms. The van der Waals surface area contributed by atoms with E-state index in [-0.39, 0.29) is 11.8 Å². The van der Waals surface area contributed by atoms with Crippen molar-refractivity contribution in [3.63, 3.8) is 0 Å². The second-order valence-electron chi connectivity index (χ2n) is 6.58. The van der Waals surface area contributed by atoms with E-state index in [9.17, 15) is 9.59 Å². The van der Waals surface area contributed by atoms with Gasteiger partial charge in [0.05, 0.1) is 4.91 Å². The normalized spacial score (nSPS) is 15.5. The number of thiophene rings is 1. The highest BCUT2D eigenvalue weighted by Gasteiger charge is 2.31. The van der Waals surface area contributed by atoms with Gasteiger partial charge in [-0.2, -0.15) is 0 Å². The summed E-state index contributed by atoms with van der Waals surface area (Å²) in [7, 11) is 0. The van der Waals surface area contributed by atoms with Crippen LogP contribution in [-0.4, -0.2) is 27.6 Å². The Balaban J connectivity index is 1.38. The number of thioether (sulfide) groups is 1. The Bertz CT molecular complexity index is 891. The van der Waals surface area contributed by atoms with E-state index >= 15 is 0 Å². The lowest BCUT2D eigenvalue weighted by molar-refractivity contribution is -0.122. The predicted octanol–water partition coefficient (Wildman–Crippen LogP) is 5.46. The third kappa shape index (κ3) is 5.77. The van der Waals surface area contributed by atoms with Gasteiger partial charge in [0, 0.05) is 23.5 Å². The van der Waals surface area contributed by atoms with E-state index in [0.29, 0.717) is 22.2 Å². The molecule has 0 aliphatic carbocycles. The van der Waals surface area contributed by atoms with Crippen LogP contribution >= 0.6 is 35.3 Å². The lowest BCUT2D eigenvalue weighted by Gasteiger charge is -2.14. The standard InChI is InChI=1S/C21H22N2O2S3/c1-15-7-5-8-16(13-15)22-19(24)10-3-2-4-11-23-20(25)18(28-21(23)26)14-17-9-6-12-27-17/h5-9,12-14H,2-4,10-11H2,1H3,(H,22,24)/b18-14-. The third-order valence-electron chi connectivity index (χ3n) is 4.28. The minimum atomic E-state index is -0.0133. The first kappa shape index (κ1) is 20.8. The van der Waals surface area contributed by atoms with Crippen molar-refractivity contribution in [1.29, 1.82) is 0 Å². The maximum absolute atomic E-state index is 12.5.